The van der Waals surface area contributed by atoms with Gasteiger partial charge < -0.3 is 15.4 Å². The minimum Gasteiger partial charge on any atom is -0.459 e. The maximum atomic E-state index is 12.1. The number of carbonyl (C=O) groups excluding carboxylic acids is 3. The van der Waals surface area contributed by atoms with Crippen molar-refractivity contribution in [3.63, 3.8) is 0 Å². The smallest absolute Gasteiger partial charge is 0.328 e. The molecule has 0 radical (unpaired) electrons. The van der Waals surface area contributed by atoms with Crippen LogP contribution in [0.3, 0.4) is 0 Å². The van der Waals surface area contributed by atoms with E-state index in [1.54, 1.807) is 7.05 Å². The van der Waals surface area contributed by atoms with Gasteiger partial charge in [-0.25, -0.2) is 4.79 Å². The molecule has 132 valence electrons. The van der Waals surface area contributed by atoms with E-state index in [4.69, 9.17) is 4.74 Å². The van der Waals surface area contributed by atoms with Crippen LogP contribution >= 0.6 is 0 Å². The Morgan fingerprint density at radius 3 is 2.17 bits per heavy atom. The van der Waals surface area contributed by atoms with Gasteiger partial charge in [0.2, 0.25) is 11.8 Å². The van der Waals surface area contributed by atoms with E-state index < -0.39 is 12.0 Å². The van der Waals surface area contributed by atoms with Crippen LogP contribution in [0.2, 0.25) is 0 Å². The molecule has 0 aliphatic heterocycles. The van der Waals surface area contributed by atoms with Gasteiger partial charge in [0.1, 0.15) is 12.6 Å². The average molecular weight is 334 g/mol. The lowest BCUT2D eigenvalue weighted by Crippen LogP contribution is -2.41. The monoisotopic (exact) mass is 334 g/mol. The molecule has 0 spiro atoms. The zero-order valence-electron chi connectivity index (χ0n) is 14.7. The minimum absolute atomic E-state index is 0.0546. The standard InChI is InChI=1S/C18H26N2O4/c1-12(2)9-16(20-13(3)21)18(23)24-11-15-7-5-14(6-8-15)10-17(22)19-4/h5-8,12,16H,9-11H2,1-4H3,(H,19,22)(H,20,21). The molecule has 1 rings (SSSR count). The summed E-state index contributed by atoms with van der Waals surface area (Å²) in [5.41, 5.74) is 1.72. The van der Waals surface area contributed by atoms with E-state index in [0.29, 0.717) is 12.8 Å². The van der Waals surface area contributed by atoms with E-state index in [1.165, 1.54) is 6.92 Å². The molecule has 0 bridgehead atoms. The van der Waals surface area contributed by atoms with Crippen LogP contribution in [-0.2, 0) is 32.1 Å². The Bertz CT molecular complexity index is 567. The van der Waals surface area contributed by atoms with Gasteiger partial charge in [0, 0.05) is 14.0 Å². The highest BCUT2D eigenvalue weighted by Gasteiger charge is 2.22. The molecule has 1 atom stereocenters. The molecule has 2 amide bonds. The molecule has 0 aromatic heterocycles. The van der Waals surface area contributed by atoms with E-state index >= 15 is 0 Å². The summed E-state index contributed by atoms with van der Waals surface area (Å²) in [5.74, 6) is -0.483. The van der Waals surface area contributed by atoms with E-state index in [-0.39, 0.29) is 24.3 Å². The third kappa shape index (κ3) is 7.26. The van der Waals surface area contributed by atoms with Crippen LogP contribution in [0.1, 0.15) is 38.3 Å². The predicted octanol–water partition coefficient (Wildman–Crippen LogP) is 1.57. The Morgan fingerprint density at radius 2 is 1.67 bits per heavy atom. The van der Waals surface area contributed by atoms with Gasteiger partial charge in [-0.05, 0) is 23.5 Å². The summed E-state index contributed by atoms with van der Waals surface area (Å²) in [6.45, 7) is 5.47. The normalized spacial score (nSPS) is 11.7. The molecule has 1 aromatic carbocycles. The molecule has 24 heavy (non-hydrogen) atoms. The van der Waals surface area contributed by atoms with Gasteiger partial charge in [-0.15, -0.1) is 0 Å². The van der Waals surface area contributed by atoms with Crippen molar-refractivity contribution in [2.75, 3.05) is 7.05 Å². The average Bonchev–Trinajstić information content (AvgIpc) is 2.52. The number of nitrogens with one attached hydrogen (secondary N) is 2. The van der Waals surface area contributed by atoms with Crippen LogP contribution in [0.4, 0.5) is 0 Å². The fraction of sp³-hybridized carbons (Fsp3) is 0.500. The molecule has 0 saturated heterocycles. The summed E-state index contributed by atoms with van der Waals surface area (Å²) < 4.78 is 5.30. The SMILES string of the molecule is CNC(=O)Cc1ccc(COC(=O)C(CC(C)C)NC(C)=O)cc1. The lowest BCUT2D eigenvalue weighted by molar-refractivity contribution is -0.149. The number of benzene rings is 1. The first kappa shape index (κ1) is 19.7. The second kappa shape index (κ2) is 9.70. The number of ether oxygens (including phenoxy) is 1. The molecule has 0 aliphatic carbocycles. The van der Waals surface area contributed by atoms with Crippen molar-refractivity contribution < 1.29 is 19.1 Å². The quantitative estimate of drug-likeness (QED) is 0.707. The number of hydrogen-bond acceptors (Lipinski definition) is 4. The van der Waals surface area contributed by atoms with Gasteiger partial charge in [-0.1, -0.05) is 38.1 Å². The van der Waals surface area contributed by atoms with Crippen LogP contribution < -0.4 is 10.6 Å². The maximum absolute atomic E-state index is 12.1. The number of esters is 1. The molecule has 0 heterocycles. The Hall–Kier alpha value is -2.37. The molecule has 2 N–H and O–H groups in total. The van der Waals surface area contributed by atoms with E-state index in [2.05, 4.69) is 10.6 Å². The Labute approximate surface area is 143 Å². The van der Waals surface area contributed by atoms with Gasteiger partial charge in [-0.2, -0.15) is 0 Å². The first-order valence-electron chi connectivity index (χ1n) is 8.04. The second-order valence-corrected chi connectivity index (χ2v) is 6.16. The summed E-state index contributed by atoms with van der Waals surface area (Å²) in [5, 5.41) is 5.20. The van der Waals surface area contributed by atoms with Gasteiger partial charge in [0.25, 0.3) is 0 Å². The first-order chi connectivity index (χ1) is 11.3. The first-order valence-corrected chi connectivity index (χ1v) is 8.04. The van der Waals surface area contributed by atoms with E-state index in [0.717, 1.165) is 11.1 Å². The fourth-order valence-electron chi connectivity index (χ4n) is 2.21. The molecule has 0 aliphatic rings. The maximum Gasteiger partial charge on any atom is 0.328 e. The Morgan fingerprint density at radius 1 is 1.08 bits per heavy atom. The molecule has 0 saturated carbocycles. The van der Waals surface area contributed by atoms with Gasteiger partial charge in [0.15, 0.2) is 0 Å². The van der Waals surface area contributed by atoms with Gasteiger partial charge in [-0.3, -0.25) is 9.59 Å². The molecule has 0 fully saturated rings. The minimum atomic E-state index is -0.630. The molecular formula is C18H26N2O4. The van der Waals surface area contributed by atoms with Crippen LogP contribution in [0.5, 0.6) is 0 Å². The van der Waals surface area contributed by atoms with E-state index in [9.17, 15) is 14.4 Å². The predicted molar refractivity (Wildman–Crippen MR) is 91.1 cm³/mol. The van der Waals surface area contributed by atoms with Crippen molar-refractivity contribution in [1.82, 2.24) is 10.6 Å². The molecule has 1 aromatic rings. The number of carbonyl (C=O) groups is 3. The molecule has 1 unspecified atom stereocenters. The zero-order chi connectivity index (χ0) is 18.1. The molecule has 6 heteroatoms. The van der Waals surface area contributed by atoms with Crippen molar-refractivity contribution in [2.45, 2.75) is 46.3 Å². The summed E-state index contributed by atoms with van der Waals surface area (Å²) in [7, 11) is 1.60. The summed E-state index contributed by atoms with van der Waals surface area (Å²) in [4.78, 5) is 34.7. The largest absolute Gasteiger partial charge is 0.459 e. The third-order valence-corrected chi connectivity index (χ3v) is 3.42. The lowest BCUT2D eigenvalue weighted by Gasteiger charge is -2.18. The van der Waals surface area contributed by atoms with Crippen molar-refractivity contribution >= 4 is 17.8 Å². The topological polar surface area (TPSA) is 84.5 Å². The second-order valence-electron chi connectivity index (χ2n) is 6.16. The Balaban J connectivity index is 2.58. The fourth-order valence-corrected chi connectivity index (χ4v) is 2.21. The van der Waals surface area contributed by atoms with Crippen LogP contribution in [0.25, 0.3) is 0 Å². The number of hydrogen-bond donors (Lipinski definition) is 2. The van der Waals surface area contributed by atoms with Crippen LogP contribution in [0.15, 0.2) is 24.3 Å². The van der Waals surface area contributed by atoms with E-state index in [1.807, 2.05) is 38.1 Å². The van der Waals surface area contributed by atoms with Crippen molar-refractivity contribution in [2.24, 2.45) is 5.92 Å². The summed E-state index contributed by atoms with van der Waals surface area (Å²) >= 11 is 0. The van der Waals surface area contributed by atoms with Crippen LogP contribution in [0, 0.1) is 5.92 Å². The third-order valence-electron chi connectivity index (χ3n) is 3.42. The highest BCUT2D eigenvalue weighted by molar-refractivity contribution is 5.83. The van der Waals surface area contributed by atoms with Gasteiger partial charge >= 0.3 is 5.97 Å². The zero-order valence-corrected chi connectivity index (χ0v) is 14.7. The number of likely N-dealkylation sites (N-methyl/N-ethyl adjacent to an activating group) is 1. The lowest BCUT2D eigenvalue weighted by atomic mass is 10.0. The van der Waals surface area contributed by atoms with Crippen molar-refractivity contribution in [3.05, 3.63) is 35.4 Å². The van der Waals surface area contributed by atoms with Crippen molar-refractivity contribution in [1.29, 1.82) is 0 Å². The van der Waals surface area contributed by atoms with Gasteiger partial charge in [0.05, 0.1) is 6.42 Å². The number of rotatable bonds is 8. The summed E-state index contributed by atoms with van der Waals surface area (Å²) in [6.07, 6.45) is 0.846. The van der Waals surface area contributed by atoms with Crippen LogP contribution in [-0.4, -0.2) is 30.9 Å². The summed E-state index contributed by atoms with van der Waals surface area (Å²) in [6, 6.07) is 6.67. The number of amides is 2. The molecule has 6 nitrogen and oxygen atoms in total. The highest BCUT2D eigenvalue weighted by atomic mass is 16.5. The molecular weight excluding hydrogens is 308 g/mol. The highest BCUT2D eigenvalue weighted by Crippen LogP contribution is 2.10. The Kier molecular flexibility index (Phi) is 7.95. The van der Waals surface area contributed by atoms with Crippen molar-refractivity contribution in [3.8, 4) is 0 Å².